The molecule has 5 nitrogen and oxygen atoms in total. The quantitative estimate of drug-likeness (QED) is 0.871. The second-order valence-electron chi connectivity index (χ2n) is 8.00. The van der Waals surface area contributed by atoms with Crippen molar-refractivity contribution in [3.05, 3.63) is 59.2 Å². The molecule has 1 unspecified atom stereocenters. The molecule has 2 aromatic rings. The zero-order valence-corrected chi connectivity index (χ0v) is 16.7. The first-order valence-electron chi connectivity index (χ1n) is 9.31. The van der Waals surface area contributed by atoms with Crippen LogP contribution in [0, 0.1) is 13.8 Å². The summed E-state index contributed by atoms with van der Waals surface area (Å²) in [5.74, 6) is -0.217. The fraction of sp³-hybridized carbons (Fsp3) is 0.364. The Morgan fingerprint density at radius 3 is 2.56 bits per heavy atom. The van der Waals surface area contributed by atoms with E-state index in [4.69, 9.17) is 0 Å². The number of nitrogens with one attached hydrogen (secondary N) is 2. The lowest BCUT2D eigenvalue weighted by atomic mass is 9.96. The summed E-state index contributed by atoms with van der Waals surface area (Å²) in [6.45, 7) is 8.84. The smallest absolute Gasteiger partial charge is 0.283 e. The molecule has 142 valence electrons. The van der Waals surface area contributed by atoms with Gasteiger partial charge in [-0.05, 0) is 45.4 Å². The molecular formula is C22H28N3O2+. The lowest BCUT2D eigenvalue weighted by Gasteiger charge is -2.42. The van der Waals surface area contributed by atoms with Gasteiger partial charge in [-0.15, -0.1) is 0 Å². The molecule has 0 bridgehead atoms. The number of para-hydroxylation sites is 2. The Balaban J connectivity index is 1.81. The SMILES string of the molecule is Cc1ccc(C[NH+](C)CC(=O)N2c3ccccc3NC(=O)C2(C)C)c(C)c1. The summed E-state index contributed by atoms with van der Waals surface area (Å²) in [6.07, 6.45) is 0. The van der Waals surface area contributed by atoms with Gasteiger partial charge >= 0.3 is 0 Å². The summed E-state index contributed by atoms with van der Waals surface area (Å²) in [4.78, 5) is 28.5. The maximum absolute atomic E-state index is 13.2. The van der Waals surface area contributed by atoms with Crippen molar-refractivity contribution < 1.29 is 14.5 Å². The maximum atomic E-state index is 13.2. The van der Waals surface area contributed by atoms with Gasteiger partial charge in [0.2, 0.25) is 5.91 Å². The number of quaternary nitrogens is 1. The number of carbonyl (C=O) groups excluding carboxylic acids is 2. The number of carbonyl (C=O) groups is 2. The van der Waals surface area contributed by atoms with Gasteiger partial charge < -0.3 is 10.2 Å². The minimum Gasteiger partial charge on any atom is -0.326 e. The third-order valence-electron chi connectivity index (χ3n) is 5.20. The van der Waals surface area contributed by atoms with Crippen LogP contribution in [0.3, 0.4) is 0 Å². The Hall–Kier alpha value is -2.66. The Morgan fingerprint density at radius 2 is 1.85 bits per heavy atom. The molecule has 0 spiro atoms. The molecule has 27 heavy (non-hydrogen) atoms. The van der Waals surface area contributed by atoms with Crippen LogP contribution in [0.25, 0.3) is 0 Å². The average Bonchev–Trinajstić information content (AvgIpc) is 2.58. The number of likely N-dealkylation sites (N-methyl/N-ethyl adjacent to an activating group) is 1. The zero-order valence-electron chi connectivity index (χ0n) is 16.7. The van der Waals surface area contributed by atoms with Gasteiger partial charge in [-0.3, -0.25) is 14.5 Å². The van der Waals surface area contributed by atoms with Crippen LogP contribution in [-0.4, -0.2) is 30.9 Å². The molecule has 0 radical (unpaired) electrons. The van der Waals surface area contributed by atoms with E-state index in [1.54, 1.807) is 18.7 Å². The molecule has 1 heterocycles. The van der Waals surface area contributed by atoms with Crippen molar-refractivity contribution in [2.24, 2.45) is 0 Å². The van der Waals surface area contributed by atoms with Crippen molar-refractivity contribution in [2.45, 2.75) is 39.8 Å². The molecule has 1 aliphatic heterocycles. The fourth-order valence-corrected chi connectivity index (χ4v) is 3.67. The van der Waals surface area contributed by atoms with E-state index in [0.29, 0.717) is 12.2 Å². The van der Waals surface area contributed by atoms with Crippen molar-refractivity contribution in [1.29, 1.82) is 0 Å². The molecule has 1 atom stereocenters. The van der Waals surface area contributed by atoms with Crippen molar-refractivity contribution >= 4 is 23.2 Å². The monoisotopic (exact) mass is 366 g/mol. The lowest BCUT2D eigenvalue weighted by Crippen LogP contribution is -3.09. The summed E-state index contributed by atoms with van der Waals surface area (Å²) < 4.78 is 0. The summed E-state index contributed by atoms with van der Waals surface area (Å²) in [6, 6.07) is 13.9. The highest BCUT2D eigenvalue weighted by Crippen LogP contribution is 2.36. The van der Waals surface area contributed by atoms with Gasteiger partial charge in [-0.1, -0.05) is 35.9 Å². The number of anilines is 2. The predicted octanol–water partition coefficient (Wildman–Crippen LogP) is 2.08. The first kappa shape index (κ1) is 19.1. The number of amides is 2. The van der Waals surface area contributed by atoms with Crippen molar-refractivity contribution in [3.63, 3.8) is 0 Å². The number of benzene rings is 2. The van der Waals surface area contributed by atoms with E-state index in [1.165, 1.54) is 16.7 Å². The number of hydrogen-bond acceptors (Lipinski definition) is 2. The third-order valence-corrected chi connectivity index (χ3v) is 5.20. The molecule has 1 aliphatic rings. The highest BCUT2D eigenvalue weighted by molar-refractivity contribution is 6.14. The second-order valence-corrected chi connectivity index (χ2v) is 8.00. The van der Waals surface area contributed by atoms with Crippen LogP contribution in [0.5, 0.6) is 0 Å². The van der Waals surface area contributed by atoms with E-state index in [2.05, 4.69) is 37.4 Å². The van der Waals surface area contributed by atoms with Crippen molar-refractivity contribution in [1.82, 2.24) is 0 Å². The first-order valence-corrected chi connectivity index (χ1v) is 9.31. The molecule has 2 N–H and O–H groups in total. The molecule has 0 saturated heterocycles. The standard InChI is InChI=1S/C22H27N3O2/c1-15-10-11-17(16(2)12-15)13-24(5)14-20(26)25-19-9-7-6-8-18(19)23-21(27)22(25,3)4/h6-12H,13-14H2,1-5H3,(H,23,27)/p+1. The number of hydrogen-bond donors (Lipinski definition) is 2. The summed E-state index contributed by atoms with van der Waals surface area (Å²) >= 11 is 0. The van der Waals surface area contributed by atoms with E-state index in [9.17, 15) is 9.59 Å². The van der Waals surface area contributed by atoms with Crippen LogP contribution in [0.4, 0.5) is 11.4 Å². The molecule has 0 aliphatic carbocycles. The van der Waals surface area contributed by atoms with Crippen molar-refractivity contribution in [3.8, 4) is 0 Å². The highest BCUT2D eigenvalue weighted by atomic mass is 16.2. The molecule has 3 rings (SSSR count). The molecular weight excluding hydrogens is 338 g/mol. The third kappa shape index (κ3) is 3.74. The molecule has 0 fully saturated rings. The summed E-state index contributed by atoms with van der Waals surface area (Å²) in [5.41, 5.74) is 4.23. The minimum atomic E-state index is -0.925. The molecule has 5 heteroatoms. The fourth-order valence-electron chi connectivity index (χ4n) is 3.67. The van der Waals surface area contributed by atoms with Gasteiger partial charge in [0.05, 0.1) is 18.4 Å². The van der Waals surface area contributed by atoms with Crippen LogP contribution in [0.2, 0.25) is 0 Å². The Labute approximate surface area is 161 Å². The van der Waals surface area contributed by atoms with E-state index < -0.39 is 5.54 Å². The van der Waals surface area contributed by atoms with E-state index in [1.807, 2.05) is 31.3 Å². The molecule has 2 amide bonds. The van der Waals surface area contributed by atoms with Crippen LogP contribution >= 0.6 is 0 Å². The summed E-state index contributed by atoms with van der Waals surface area (Å²) in [5, 5.41) is 2.90. The molecule has 0 saturated carbocycles. The van der Waals surface area contributed by atoms with E-state index in [-0.39, 0.29) is 11.8 Å². The number of aryl methyl sites for hydroxylation is 2. The normalized spacial score (nSPS) is 16.5. The molecule has 2 aromatic carbocycles. The lowest BCUT2D eigenvalue weighted by molar-refractivity contribution is -0.885. The Kier molecular flexibility index (Phi) is 5.07. The maximum Gasteiger partial charge on any atom is 0.283 e. The first-order chi connectivity index (χ1) is 12.7. The van der Waals surface area contributed by atoms with Crippen LogP contribution in [-0.2, 0) is 16.1 Å². The molecule has 0 aromatic heterocycles. The number of rotatable bonds is 4. The van der Waals surface area contributed by atoms with Crippen LogP contribution in [0.1, 0.15) is 30.5 Å². The largest absolute Gasteiger partial charge is 0.326 e. The Morgan fingerprint density at radius 1 is 1.15 bits per heavy atom. The van der Waals surface area contributed by atoms with Crippen molar-refractivity contribution in [2.75, 3.05) is 23.8 Å². The number of fused-ring (bicyclic) bond motifs is 1. The second kappa shape index (κ2) is 7.16. The van der Waals surface area contributed by atoms with Gasteiger partial charge in [0.25, 0.3) is 5.91 Å². The van der Waals surface area contributed by atoms with Gasteiger partial charge in [0.1, 0.15) is 12.1 Å². The minimum absolute atomic E-state index is 0.0513. The zero-order chi connectivity index (χ0) is 19.8. The average molecular weight is 366 g/mol. The van der Waals surface area contributed by atoms with Gasteiger partial charge in [0, 0.05) is 5.56 Å². The van der Waals surface area contributed by atoms with Crippen LogP contribution in [0.15, 0.2) is 42.5 Å². The van der Waals surface area contributed by atoms with E-state index >= 15 is 0 Å². The summed E-state index contributed by atoms with van der Waals surface area (Å²) in [7, 11) is 2.01. The Bertz CT molecular complexity index is 889. The van der Waals surface area contributed by atoms with E-state index in [0.717, 1.165) is 17.1 Å². The van der Waals surface area contributed by atoms with Crippen LogP contribution < -0.4 is 15.1 Å². The number of nitrogens with zero attached hydrogens (tertiary/aromatic N) is 1. The van der Waals surface area contributed by atoms with Gasteiger partial charge in [-0.25, -0.2) is 0 Å². The predicted molar refractivity (Wildman–Crippen MR) is 108 cm³/mol. The van der Waals surface area contributed by atoms with Gasteiger partial charge in [-0.2, -0.15) is 0 Å². The topological polar surface area (TPSA) is 53.9 Å². The van der Waals surface area contributed by atoms with Gasteiger partial charge in [0.15, 0.2) is 6.54 Å². The highest BCUT2D eigenvalue weighted by Gasteiger charge is 2.44.